The Balaban J connectivity index is 2.08. The molecule has 0 aromatic heterocycles. The van der Waals surface area contributed by atoms with Gasteiger partial charge in [0.25, 0.3) is 0 Å². The SMILES string of the molecule is C[C@@H]1CO[C@@]2(O)CCC3=C[C@H](O)C[C@H](C)[C@@]3(C)[C@@H]12. The van der Waals surface area contributed by atoms with Gasteiger partial charge in [-0.2, -0.15) is 0 Å². The summed E-state index contributed by atoms with van der Waals surface area (Å²) in [6.07, 6.45) is 4.02. The molecule has 2 fully saturated rings. The highest BCUT2D eigenvalue weighted by molar-refractivity contribution is 5.27. The maximum absolute atomic E-state index is 10.8. The number of aliphatic hydroxyl groups excluding tert-OH is 1. The smallest absolute Gasteiger partial charge is 0.169 e. The second-order valence-corrected chi connectivity index (χ2v) is 6.79. The third-order valence-electron chi connectivity index (χ3n) is 5.75. The van der Waals surface area contributed by atoms with Gasteiger partial charge in [-0.3, -0.25) is 0 Å². The lowest BCUT2D eigenvalue weighted by atomic mass is 9.52. The van der Waals surface area contributed by atoms with Crippen LogP contribution in [0.4, 0.5) is 0 Å². The number of ether oxygens (including phenoxy) is 1. The molecule has 1 saturated carbocycles. The van der Waals surface area contributed by atoms with E-state index in [4.69, 9.17) is 4.74 Å². The zero-order valence-corrected chi connectivity index (χ0v) is 11.5. The number of rotatable bonds is 0. The summed E-state index contributed by atoms with van der Waals surface area (Å²) in [7, 11) is 0. The van der Waals surface area contributed by atoms with Crippen molar-refractivity contribution in [3.05, 3.63) is 11.6 Å². The van der Waals surface area contributed by atoms with Crippen LogP contribution in [0, 0.1) is 23.2 Å². The molecule has 0 aromatic carbocycles. The fourth-order valence-corrected chi connectivity index (χ4v) is 4.77. The molecule has 3 aliphatic rings. The molecule has 1 saturated heterocycles. The molecule has 6 atom stereocenters. The first-order chi connectivity index (χ1) is 8.38. The van der Waals surface area contributed by atoms with Gasteiger partial charge in [0.1, 0.15) is 0 Å². The predicted molar refractivity (Wildman–Crippen MR) is 68.8 cm³/mol. The number of fused-ring (bicyclic) bond motifs is 3. The number of hydrogen-bond acceptors (Lipinski definition) is 3. The van der Waals surface area contributed by atoms with Crippen LogP contribution in [0.25, 0.3) is 0 Å². The van der Waals surface area contributed by atoms with Crippen LogP contribution in [0.2, 0.25) is 0 Å². The molecule has 3 rings (SSSR count). The molecule has 0 radical (unpaired) electrons. The maximum Gasteiger partial charge on any atom is 0.169 e. The summed E-state index contributed by atoms with van der Waals surface area (Å²) in [4.78, 5) is 0. The molecule has 0 aromatic rings. The highest BCUT2D eigenvalue weighted by Crippen LogP contribution is 2.61. The Morgan fingerprint density at radius 3 is 2.83 bits per heavy atom. The molecule has 0 unspecified atom stereocenters. The van der Waals surface area contributed by atoms with E-state index in [2.05, 4.69) is 20.8 Å². The van der Waals surface area contributed by atoms with Gasteiger partial charge in [0.05, 0.1) is 12.7 Å². The molecule has 2 N–H and O–H groups in total. The Morgan fingerprint density at radius 1 is 1.39 bits per heavy atom. The van der Waals surface area contributed by atoms with Crippen molar-refractivity contribution in [2.75, 3.05) is 6.61 Å². The average molecular weight is 252 g/mol. The summed E-state index contributed by atoms with van der Waals surface area (Å²) in [5, 5.41) is 20.7. The Labute approximate surface area is 109 Å². The quantitative estimate of drug-likeness (QED) is 0.649. The summed E-state index contributed by atoms with van der Waals surface area (Å²) in [6, 6.07) is 0. The fourth-order valence-electron chi connectivity index (χ4n) is 4.77. The largest absolute Gasteiger partial charge is 0.389 e. The predicted octanol–water partition coefficient (Wildman–Crippen LogP) is 2.08. The molecule has 0 bridgehead atoms. The van der Waals surface area contributed by atoms with Gasteiger partial charge in [0.15, 0.2) is 5.79 Å². The summed E-state index contributed by atoms with van der Waals surface area (Å²) >= 11 is 0. The number of allylic oxidation sites excluding steroid dienone is 1. The van der Waals surface area contributed by atoms with Crippen molar-refractivity contribution < 1.29 is 14.9 Å². The van der Waals surface area contributed by atoms with Crippen molar-refractivity contribution in [2.24, 2.45) is 23.2 Å². The van der Waals surface area contributed by atoms with E-state index in [0.717, 1.165) is 12.8 Å². The highest BCUT2D eigenvalue weighted by Gasteiger charge is 2.61. The van der Waals surface area contributed by atoms with Crippen LogP contribution in [0.3, 0.4) is 0 Å². The normalized spacial score (nSPS) is 55.7. The van der Waals surface area contributed by atoms with Gasteiger partial charge in [-0.25, -0.2) is 0 Å². The Morgan fingerprint density at radius 2 is 2.11 bits per heavy atom. The number of hydrogen-bond donors (Lipinski definition) is 2. The lowest BCUT2D eigenvalue weighted by molar-refractivity contribution is -0.232. The first-order valence-corrected chi connectivity index (χ1v) is 7.13. The third kappa shape index (κ3) is 1.47. The van der Waals surface area contributed by atoms with E-state index in [-0.39, 0.29) is 17.4 Å². The Bertz CT molecular complexity index is 391. The van der Waals surface area contributed by atoms with E-state index >= 15 is 0 Å². The minimum atomic E-state index is -0.942. The van der Waals surface area contributed by atoms with E-state index in [9.17, 15) is 10.2 Å². The molecule has 102 valence electrons. The molecular formula is C15H24O3. The monoisotopic (exact) mass is 252 g/mol. The summed E-state index contributed by atoms with van der Waals surface area (Å²) < 4.78 is 5.71. The van der Waals surface area contributed by atoms with E-state index in [1.54, 1.807) is 0 Å². The van der Waals surface area contributed by atoms with Crippen molar-refractivity contribution in [1.29, 1.82) is 0 Å². The van der Waals surface area contributed by atoms with Gasteiger partial charge in [-0.05, 0) is 30.1 Å². The van der Waals surface area contributed by atoms with E-state index in [1.807, 2.05) is 6.08 Å². The molecule has 1 aliphatic heterocycles. The van der Waals surface area contributed by atoms with Crippen molar-refractivity contribution in [3.8, 4) is 0 Å². The molecule has 2 aliphatic carbocycles. The first-order valence-electron chi connectivity index (χ1n) is 7.13. The molecule has 18 heavy (non-hydrogen) atoms. The molecule has 0 amide bonds. The van der Waals surface area contributed by atoms with Crippen LogP contribution in [0.1, 0.15) is 40.0 Å². The summed E-state index contributed by atoms with van der Waals surface area (Å²) in [5.41, 5.74) is 1.31. The summed E-state index contributed by atoms with van der Waals surface area (Å²) in [5.74, 6) is -0.0235. The summed E-state index contributed by atoms with van der Waals surface area (Å²) in [6.45, 7) is 7.29. The minimum absolute atomic E-state index is 0.0256. The molecular weight excluding hydrogens is 228 g/mol. The van der Waals surface area contributed by atoms with Crippen LogP contribution < -0.4 is 0 Å². The van der Waals surface area contributed by atoms with Crippen molar-refractivity contribution in [1.82, 2.24) is 0 Å². The van der Waals surface area contributed by atoms with Gasteiger partial charge >= 0.3 is 0 Å². The van der Waals surface area contributed by atoms with Crippen LogP contribution in [0.15, 0.2) is 11.6 Å². The second-order valence-electron chi connectivity index (χ2n) is 6.79. The van der Waals surface area contributed by atoms with E-state index in [1.165, 1.54) is 5.57 Å². The lowest BCUT2D eigenvalue weighted by Gasteiger charge is -2.54. The molecule has 1 heterocycles. The molecule has 0 spiro atoms. The van der Waals surface area contributed by atoms with Crippen molar-refractivity contribution in [2.45, 2.75) is 51.9 Å². The molecule has 3 heteroatoms. The van der Waals surface area contributed by atoms with Crippen molar-refractivity contribution >= 4 is 0 Å². The molecule has 3 nitrogen and oxygen atoms in total. The van der Waals surface area contributed by atoms with Crippen LogP contribution in [-0.4, -0.2) is 28.7 Å². The first kappa shape index (κ1) is 12.6. The zero-order valence-electron chi connectivity index (χ0n) is 11.5. The Hall–Kier alpha value is -0.380. The second kappa shape index (κ2) is 3.81. The Kier molecular flexibility index (Phi) is 2.68. The van der Waals surface area contributed by atoms with E-state index < -0.39 is 5.79 Å². The average Bonchev–Trinajstić information content (AvgIpc) is 2.59. The van der Waals surface area contributed by atoms with E-state index in [0.29, 0.717) is 24.9 Å². The van der Waals surface area contributed by atoms with Gasteiger partial charge in [-0.1, -0.05) is 32.4 Å². The standard InChI is InChI=1S/C15H24O3/c1-9-8-18-15(17)5-4-11-7-12(16)6-10(2)14(11,3)13(9)15/h7,9-10,12-13,16-17H,4-6,8H2,1-3H3/t9-,10+,12-,13-,14-,15+/m1/s1. The maximum atomic E-state index is 10.8. The number of aliphatic hydroxyl groups is 2. The van der Waals surface area contributed by atoms with Gasteiger partial charge < -0.3 is 14.9 Å². The van der Waals surface area contributed by atoms with Gasteiger partial charge in [0.2, 0.25) is 0 Å². The van der Waals surface area contributed by atoms with Gasteiger partial charge in [0, 0.05) is 12.3 Å². The zero-order chi connectivity index (χ0) is 13.1. The lowest BCUT2D eigenvalue weighted by Crippen LogP contribution is -2.54. The fraction of sp³-hybridized carbons (Fsp3) is 0.867. The minimum Gasteiger partial charge on any atom is -0.389 e. The topological polar surface area (TPSA) is 49.7 Å². The van der Waals surface area contributed by atoms with Crippen LogP contribution in [-0.2, 0) is 4.74 Å². The van der Waals surface area contributed by atoms with Crippen molar-refractivity contribution in [3.63, 3.8) is 0 Å². The van der Waals surface area contributed by atoms with Gasteiger partial charge in [-0.15, -0.1) is 0 Å². The third-order valence-corrected chi connectivity index (χ3v) is 5.75. The highest BCUT2D eigenvalue weighted by atomic mass is 16.6. The van der Waals surface area contributed by atoms with Crippen LogP contribution in [0.5, 0.6) is 0 Å². The van der Waals surface area contributed by atoms with Crippen LogP contribution >= 0.6 is 0 Å².